The number of nitrogens with one attached hydrogen (secondary N) is 3. The smallest absolute Gasteiger partial charge is 0.253 e. The molecule has 0 aliphatic carbocycles. The van der Waals surface area contributed by atoms with Gasteiger partial charge in [-0.2, -0.15) is 0 Å². The molecule has 0 bridgehead atoms. The summed E-state index contributed by atoms with van der Waals surface area (Å²) < 4.78 is 0. The first-order valence-corrected chi connectivity index (χ1v) is 10.5. The minimum Gasteiger partial charge on any atom is -0.361 e. The quantitative estimate of drug-likeness (QED) is 0.574. The maximum absolute atomic E-state index is 13.0. The highest BCUT2D eigenvalue weighted by atomic mass is 16.2. The van der Waals surface area contributed by atoms with Gasteiger partial charge in [0.15, 0.2) is 0 Å². The molecule has 7 heteroatoms. The molecule has 4 rings (SSSR count). The predicted octanol–water partition coefficient (Wildman–Crippen LogP) is 3.09. The number of benzene rings is 2. The zero-order valence-electron chi connectivity index (χ0n) is 17.5. The number of hydrogen-bond donors (Lipinski definition) is 3. The number of anilines is 1. The van der Waals surface area contributed by atoms with E-state index in [9.17, 15) is 14.4 Å². The lowest BCUT2D eigenvalue weighted by atomic mass is 10.0. The van der Waals surface area contributed by atoms with Crippen molar-refractivity contribution in [3.63, 3.8) is 0 Å². The number of para-hydroxylation sites is 1. The molecule has 7 nitrogen and oxygen atoms in total. The van der Waals surface area contributed by atoms with E-state index in [2.05, 4.69) is 15.6 Å². The SMILES string of the molecule is CC(=O)N[C@H](Cc1c[nH]c2ccccc12)C(=O)Nc1cccc(C(=O)N2CCCC2)c1. The molecule has 0 unspecified atom stereocenters. The second kappa shape index (κ2) is 9.04. The molecule has 3 amide bonds. The van der Waals surface area contributed by atoms with Gasteiger partial charge in [0.1, 0.15) is 6.04 Å². The second-order valence-electron chi connectivity index (χ2n) is 7.89. The lowest BCUT2D eigenvalue weighted by molar-refractivity contribution is -0.125. The number of rotatable bonds is 6. The molecule has 1 atom stereocenters. The van der Waals surface area contributed by atoms with Crippen molar-refractivity contribution in [1.82, 2.24) is 15.2 Å². The standard InChI is InChI=1S/C24H26N4O3/c1-16(29)26-22(14-18-15-25-21-10-3-2-9-20(18)21)23(30)27-19-8-6-7-17(13-19)24(31)28-11-4-5-12-28/h2-3,6-10,13,15,22,25H,4-5,11-12,14H2,1H3,(H,26,29)(H,27,30)/t22-/m1/s1. The number of nitrogens with zero attached hydrogens (tertiary/aromatic N) is 1. The van der Waals surface area contributed by atoms with Gasteiger partial charge in [0.2, 0.25) is 11.8 Å². The van der Waals surface area contributed by atoms with Crippen LogP contribution in [0.1, 0.15) is 35.7 Å². The van der Waals surface area contributed by atoms with E-state index in [1.54, 1.807) is 24.3 Å². The van der Waals surface area contributed by atoms with Gasteiger partial charge in [-0.05, 0) is 42.7 Å². The Morgan fingerprint density at radius 1 is 1.06 bits per heavy atom. The van der Waals surface area contributed by atoms with Crippen molar-refractivity contribution in [1.29, 1.82) is 0 Å². The number of aromatic nitrogens is 1. The number of likely N-dealkylation sites (tertiary alicyclic amines) is 1. The van der Waals surface area contributed by atoms with Crippen LogP contribution in [0, 0.1) is 0 Å². The van der Waals surface area contributed by atoms with E-state index in [1.807, 2.05) is 35.4 Å². The summed E-state index contributed by atoms with van der Waals surface area (Å²) in [5, 5.41) is 6.62. The van der Waals surface area contributed by atoms with Crippen LogP contribution in [0.25, 0.3) is 10.9 Å². The number of carbonyl (C=O) groups is 3. The van der Waals surface area contributed by atoms with Crippen LogP contribution >= 0.6 is 0 Å². The molecule has 0 radical (unpaired) electrons. The summed E-state index contributed by atoms with van der Waals surface area (Å²) in [5.41, 5.74) is 3.01. The largest absolute Gasteiger partial charge is 0.361 e. The molecular weight excluding hydrogens is 392 g/mol. The Morgan fingerprint density at radius 3 is 2.61 bits per heavy atom. The van der Waals surface area contributed by atoms with Gasteiger partial charge >= 0.3 is 0 Å². The van der Waals surface area contributed by atoms with Gasteiger partial charge < -0.3 is 20.5 Å². The predicted molar refractivity (Wildman–Crippen MR) is 120 cm³/mol. The molecule has 3 aromatic rings. The number of fused-ring (bicyclic) bond motifs is 1. The first-order valence-electron chi connectivity index (χ1n) is 10.5. The molecule has 1 aliphatic heterocycles. The van der Waals surface area contributed by atoms with Crippen molar-refractivity contribution in [2.75, 3.05) is 18.4 Å². The van der Waals surface area contributed by atoms with Crippen LogP contribution in [0.4, 0.5) is 5.69 Å². The van der Waals surface area contributed by atoms with Crippen molar-refractivity contribution >= 4 is 34.3 Å². The number of aromatic amines is 1. The molecule has 160 valence electrons. The summed E-state index contributed by atoms with van der Waals surface area (Å²) in [5.74, 6) is -0.630. The van der Waals surface area contributed by atoms with Gasteiger partial charge in [0, 0.05) is 54.8 Å². The van der Waals surface area contributed by atoms with Crippen LogP contribution in [0.15, 0.2) is 54.7 Å². The van der Waals surface area contributed by atoms with Crippen LogP contribution in [-0.4, -0.2) is 46.7 Å². The molecule has 2 heterocycles. The number of H-pyrrole nitrogens is 1. The fraction of sp³-hybridized carbons (Fsp3) is 0.292. The first-order chi connectivity index (χ1) is 15.0. The topological polar surface area (TPSA) is 94.3 Å². The van der Waals surface area contributed by atoms with Crippen LogP contribution in [0.3, 0.4) is 0 Å². The monoisotopic (exact) mass is 418 g/mol. The fourth-order valence-electron chi connectivity index (χ4n) is 4.04. The Morgan fingerprint density at radius 2 is 1.84 bits per heavy atom. The third-order valence-corrected chi connectivity index (χ3v) is 5.56. The molecule has 0 saturated carbocycles. The Kier molecular flexibility index (Phi) is 6.02. The third-order valence-electron chi connectivity index (χ3n) is 5.56. The summed E-state index contributed by atoms with van der Waals surface area (Å²) in [6, 6.07) is 14.0. The highest BCUT2D eigenvalue weighted by molar-refractivity contribution is 6.00. The molecule has 31 heavy (non-hydrogen) atoms. The normalized spacial score (nSPS) is 14.4. The molecule has 1 fully saturated rings. The van der Waals surface area contributed by atoms with Gasteiger partial charge in [-0.1, -0.05) is 24.3 Å². The van der Waals surface area contributed by atoms with Crippen molar-refractivity contribution in [2.24, 2.45) is 0 Å². The number of amides is 3. The summed E-state index contributed by atoms with van der Waals surface area (Å²) in [7, 11) is 0. The number of carbonyl (C=O) groups excluding carboxylic acids is 3. The van der Waals surface area contributed by atoms with E-state index < -0.39 is 6.04 Å². The molecule has 3 N–H and O–H groups in total. The molecule has 1 aromatic heterocycles. The van der Waals surface area contributed by atoms with Crippen molar-refractivity contribution in [2.45, 2.75) is 32.2 Å². The molecule has 2 aromatic carbocycles. The lowest BCUT2D eigenvalue weighted by Gasteiger charge is -2.19. The van der Waals surface area contributed by atoms with Gasteiger partial charge in [0.05, 0.1) is 0 Å². The maximum atomic E-state index is 13.0. The Bertz CT molecular complexity index is 1110. The maximum Gasteiger partial charge on any atom is 0.253 e. The van der Waals surface area contributed by atoms with E-state index in [-0.39, 0.29) is 17.7 Å². The average molecular weight is 418 g/mol. The zero-order chi connectivity index (χ0) is 21.8. The van der Waals surface area contributed by atoms with E-state index in [0.29, 0.717) is 17.7 Å². The van der Waals surface area contributed by atoms with Crippen LogP contribution in [-0.2, 0) is 16.0 Å². The zero-order valence-corrected chi connectivity index (χ0v) is 17.5. The third kappa shape index (κ3) is 4.77. The average Bonchev–Trinajstić information content (AvgIpc) is 3.43. The minimum atomic E-state index is -0.741. The van der Waals surface area contributed by atoms with Crippen molar-refractivity contribution < 1.29 is 14.4 Å². The van der Waals surface area contributed by atoms with Gasteiger partial charge in [-0.15, -0.1) is 0 Å². The van der Waals surface area contributed by atoms with Gasteiger partial charge in [0.25, 0.3) is 5.91 Å². The Hall–Kier alpha value is -3.61. The van der Waals surface area contributed by atoms with E-state index >= 15 is 0 Å². The summed E-state index contributed by atoms with van der Waals surface area (Å²) in [6.07, 6.45) is 4.26. The lowest BCUT2D eigenvalue weighted by Crippen LogP contribution is -2.44. The minimum absolute atomic E-state index is 0.0224. The van der Waals surface area contributed by atoms with Crippen molar-refractivity contribution in [3.05, 3.63) is 65.9 Å². The second-order valence-corrected chi connectivity index (χ2v) is 7.89. The van der Waals surface area contributed by atoms with Crippen LogP contribution < -0.4 is 10.6 Å². The molecule has 1 aliphatic rings. The van der Waals surface area contributed by atoms with Gasteiger partial charge in [-0.3, -0.25) is 14.4 Å². The van der Waals surface area contributed by atoms with E-state index in [0.717, 1.165) is 42.4 Å². The summed E-state index contributed by atoms with van der Waals surface area (Å²) in [4.78, 5) is 42.4. The Balaban J connectivity index is 1.50. The first kappa shape index (κ1) is 20.7. The summed E-state index contributed by atoms with van der Waals surface area (Å²) in [6.45, 7) is 2.93. The van der Waals surface area contributed by atoms with Gasteiger partial charge in [-0.25, -0.2) is 0 Å². The highest BCUT2D eigenvalue weighted by Crippen LogP contribution is 2.20. The van der Waals surface area contributed by atoms with Crippen LogP contribution in [0.5, 0.6) is 0 Å². The fourth-order valence-corrected chi connectivity index (χ4v) is 4.04. The van der Waals surface area contributed by atoms with E-state index in [1.165, 1.54) is 6.92 Å². The van der Waals surface area contributed by atoms with Crippen LogP contribution in [0.2, 0.25) is 0 Å². The molecular formula is C24H26N4O3. The number of hydrogen-bond acceptors (Lipinski definition) is 3. The Labute approximate surface area is 180 Å². The van der Waals surface area contributed by atoms with E-state index in [4.69, 9.17) is 0 Å². The molecule has 1 saturated heterocycles. The highest BCUT2D eigenvalue weighted by Gasteiger charge is 2.23. The van der Waals surface area contributed by atoms with Crippen molar-refractivity contribution in [3.8, 4) is 0 Å². The summed E-state index contributed by atoms with van der Waals surface area (Å²) >= 11 is 0. The molecule has 0 spiro atoms.